The fourth-order valence-electron chi connectivity index (χ4n) is 5.70. The van der Waals surface area contributed by atoms with Gasteiger partial charge < -0.3 is 15.4 Å². The molecule has 5 unspecified atom stereocenters. The number of fused-ring (bicyclic) bond motifs is 2. The Bertz CT molecular complexity index is 463. The van der Waals surface area contributed by atoms with Crippen LogP contribution in [-0.2, 0) is 4.74 Å². The first-order valence-electron chi connectivity index (χ1n) is 9.41. The maximum atomic E-state index is 6.09. The molecule has 4 nitrogen and oxygen atoms in total. The van der Waals surface area contributed by atoms with Gasteiger partial charge in [0.2, 0.25) is 0 Å². The second kappa shape index (κ2) is 6.47. The molecule has 4 rings (SSSR count). The highest BCUT2D eigenvalue weighted by Crippen LogP contribution is 2.60. The van der Waals surface area contributed by atoms with Crippen LogP contribution in [-0.4, -0.2) is 49.3 Å². The second-order valence-corrected chi connectivity index (χ2v) is 9.03. The smallest absolute Gasteiger partial charge is 0.191 e. The summed E-state index contributed by atoms with van der Waals surface area (Å²) in [6.07, 6.45) is 13.3. The summed E-state index contributed by atoms with van der Waals surface area (Å²) in [6, 6.07) is 1.16. The Balaban J connectivity index is 1.40. The van der Waals surface area contributed by atoms with Crippen molar-refractivity contribution in [1.29, 1.82) is 0 Å². The fraction of sp³-hybridized carbons (Fsp3) is 0.944. The molecule has 1 spiro atoms. The van der Waals surface area contributed by atoms with E-state index < -0.39 is 0 Å². The van der Waals surface area contributed by atoms with Crippen LogP contribution in [0.1, 0.15) is 51.4 Å². The van der Waals surface area contributed by atoms with Gasteiger partial charge in [-0.15, -0.1) is 0 Å². The van der Waals surface area contributed by atoms with E-state index in [0.29, 0.717) is 29.5 Å². The van der Waals surface area contributed by atoms with Gasteiger partial charge in [0.15, 0.2) is 5.96 Å². The van der Waals surface area contributed by atoms with E-state index >= 15 is 0 Å². The minimum absolute atomic E-state index is 0.399. The molecular formula is C18H31N3OS. The van der Waals surface area contributed by atoms with Crippen molar-refractivity contribution >= 4 is 17.7 Å². The summed E-state index contributed by atoms with van der Waals surface area (Å²) in [6.45, 7) is 0.958. The number of thioether (sulfide) groups is 1. The van der Waals surface area contributed by atoms with Gasteiger partial charge in [-0.3, -0.25) is 4.99 Å². The summed E-state index contributed by atoms with van der Waals surface area (Å²) in [5.74, 6) is 1.73. The van der Waals surface area contributed by atoms with Crippen molar-refractivity contribution in [3.05, 3.63) is 0 Å². The van der Waals surface area contributed by atoms with E-state index in [1.165, 1.54) is 51.4 Å². The molecule has 1 saturated heterocycles. The lowest BCUT2D eigenvalue weighted by molar-refractivity contribution is -0.125. The maximum Gasteiger partial charge on any atom is 0.191 e. The molecule has 3 aliphatic carbocycles. The third-order valence-corrected chi connectivity index (χ3v) is 7.96. The van der Waals surface area contributed by atoms with Gasteiger partial charge >= 0.3 is 0 Å². The molecule has 0 aromatic carbocycles. The lowest BCUT2D eigenvalue weighted by Gasteiger charge is -2.57. The minimum atomic E-state index is 0.399. The first kappa shape index (κ1) is 16.1. The molecule has 5 atom stereocenters. The van der Waals surface area contributed by atoms with E-state index in [4.69, 9.17) is 4.74 Å². The van der Waals surface area contributed by atoms with Crippen molar-refractivity contribution in [2.75, 3.05) is 19.9 Å². The quantitative estimate of drug-likeness (QED) is 0.614. The van der Waals surface area contributed by atoms with Crippen LogP contribution in [0.4, 0.5) is 0 Å². The zero-order chi connectivity index (χ0) is 15.9. The Hall–Kier alpha value is -0.420. The predicted octanol–water partition coefficient (Wildman–Crippen LogP) is 2.78. The van der Waals surface area contributed by atoms with Gasteiger partial charge in [-0.25, -0.2) is 0 Å². The molecular weight excluding hydrogens is 306 g/mol. The SMILES string of the molecule is CN=C(NC1CCC(SC)C1)NC1C2CCOC2C12CCCC2. The molecule has 2 N–H and O–H groups in total. The van der Waals surface area contributed by atoms with Crippen molar-refractivity contribution < 1.29 is 4.74 Å². The van der Waals surface area contributed by atoms with E-state index in [2.05, 4.69) is 21.9 Å². The molecule has 0 bridgehead atoms. The molecule has 1 heterocycles. The normalized spacial score (nSPS) is 41.8. The van der Waals surface area contributed by atoms with E-state index in [1.807, 2.05) is 18.8 Å². The zero-order valence-electron chi connectivity index (χ0n) is 14.5. The van der Waals surface area contributed by atoms with Crippen LogP contribution in [0.15, 0.2) is 4.99 Å². The molecule has 3 saturated carbocycles. The molecule has 0 radical (unpaired) electrons. The summed E-state index contributed by atoms with van der Waals surface area (Å²) in [5, 5.41) is 8.34. The number of hydrogen-bond donors (Lipinski definition) is 2. The minimum Gasteiger partial charge on any atom is -0.377 e. The van der Waals surface area contributed by atoms with Crippen LogP contribution < -0.4 is 10.6 Å². The first-order chi connectivity index (χ1) is 11.3. The highest BCUT2D eigenvalue weighted by atomic mass is 32.2. The van der Waals surface area contributed by atoms with Gasteiger partial charge in [-0.1, -0.05) is 12.8 Å². The number of rotatable bonds is 3. The lowest BCUT2D eigenvalue weighted by atomic mass is 9.54. The van der Waals surface area contributed by atoms with Gasteiger partial charge in [0.25, 0.3) is 0 Å². The second-order valence-electron chi connectivity index (χ2n) is 7.89. The number of aliphatic imine (C=N–C) groups is 1. The number of ether oxygens (including phenoxy) is 1. The lowest BCUT2D eigenvalue weighted by Crippen LogP contribution is -2.69. The Morgan fingerprint density at radius 3 is 2.70 bits per heavy atom. The van der Waals surface area contributed by atoms with Crippen LogP contribution in [0.2, 0.25) is 0 Å². The average molecular weight is 338 g/mol. The van der Waals surface area contributed by atoms with Crippen LogP contribution in [0, 0.1) is 11.3 Å². The molecule has 0 aromatic heterocycles. The van der Waals surface area contributed by atoms with Crippen LogP contribution in [0.25, 0.3) is 0 Å². The molecule has 0 aromatic rings. The number of guanidine groups is 1. The highest BCUT2D eigenvalue weighted by Gasteiger charge is 2.65. The molecule has 4 fully saturated rings. The Morgan fingerprint density at radius 2 is 2.00 bits per heavy atom. The number of nitrogens with one attached hydrogen (secondary N) is 2. The largest absolute Gasteiger partial charge is 0.377 e. The maximum absolute atomic E-state index is 6.09. The van der Waals surface area contributed by atoms with Crippen molar-refractivity contribution in [2.45, 2.75) is 74.8 Å². The van der Waals surface area contributed by atoms with Crippen LogP contribution in [0.3, 0.4) is 0 Å². The van der Waals surface area contributed by atoms with E-state index in [9.17, 15) is 0 Å². The summed E-state index contributed by atoms with van der Waals surface area (Å²) in [4.78, 5) is 4.54. The summed E-state index contributed by atoms with van der Waals surface area (Å²) in [7, 11) is 1.92. The highest BCUT2D eigenvalue weighted by molar-refractivity contribution is 7.99. The molecule has 130 valence electrons. The first-order valence-corrected chi connectivity index (χ1v) is 10.7. The summed E-state index contributed by atoms with van der Waals surface area (Å²) in [5.41, 5.74) is 0.399. The van der Waals surface area contributed by atoms with Crippen molar-refractivity contribution in [3.63, 3.8) is 0 Å². The van der Waals surface area contributed by atoms with Gasteiger partial charge in [-0.2, -0.15) is 11.8 Å². The molecule has 0 amide bonds. The third kappa shape index (κ3) is 2.68. The molecule has 23 heavy (non-hydrogen) atoms. The third-order valence-electron chi connectivity index (χ3n) is 6.86. The number of nitrogens with zero attached hydrogens (tertiary/aromatic N) is 1. The van der Waals surface area contributed by atoms with Crippen molar-refractivity contribution in [3.8, 4) is 0 Å². The monoisotopic (exact) mass is 337 g/mol. The topological polar surface area (TPSA) is 45.7 Å². The Morgan fingerprint density at radius 1 is 1.17 bits per heavy atom. The molecule has 5 heteroatoms. The average Bonchev–Trinajstić information content (AvgIpc) is 3.29. The van der Waals surface area contributed by atoms with Gasteiger partial charge in [0.1, 0.15) is 0 Å². The van der Waals surface area contributed by atoms with Crippen LogP contribution in [0.5, 0.6) is 0 Å². The van der Waals surface area contributed by atoms with E-state index in [-0.39, 0.29) is 0 Å². The Kier molecular flexibility index (Phi) is 4.52. The summed E-state index contributed by atoms with van der Waals surface area (Å²) >= 11 is 2.01. The standard InChI is InChI=1S/C18H31N3OS/c1-19-17(20-12-5-6-13(11-12)23-2)21-15-14-7-10-22-16(14)18(15)8-3-4-9-18/h12-16H,3-11H2,1-2H3,(H2,19,20,21). The molecule has 1 aliphatic heterocycles. The van der Waals surface area contributed by atoms with Gasteiger partial charge in [-0.05, 0) is 44.8 Å². The van der Waals surface area contributed by atoms with Crippen molar-refractivity contribution in [2.24, 2.45) is 16.3 Å². The number of hydrogen-bond acceptors (Lipinski definition) is 3. The van der Waals surface area contributed by atoms with Crippen molar-refractivity contribution in [1.82, 2.24) is 10.6 Å². The van der Waals surface area contributed by atoms with Crippen LogP contribution >= 0.6 is 11.8 Å². The fourth-order valence-corrected chi connectivity index (χ4v) is 6.50. The van der Waals surface area contributed by atoms with Gasteiger partial charge in [0.05, 0.1) is 6.10 Å². The van der Waals surface area contributed by atoms with E-state index in [1.54, 1.807) is 0 Å². The summed E-state index contributed by atoms with van der Waals surface area (Å²) < 4.78 is 6.09. The van der Waals surface area contributed by atoms with E-state index in [0.717, 1.165) is 17.8 Å². The zero-order valence-corrected chi connectivity index (χ0v) is 15.3. The predicted molar refractivity (Wildman–Crippen MR) is 97.1 cm³/mol. The van der Waals surface area contributed by atoms with Gasteiger partial charge in [0, 0.05) is 42.3 Å². The Labute approximate surface area is 144 Å². The molecule has 4 aliphatic rings.